The van der Waals surface area contributed by atoms with Crippen LogP contribution in [0, 0.1) is 75.0 Å². The molecule has 0 bridgehead atoms. The molecule has 0 aromatic heterocycles. The number of ether oxygens (including phenoxy) is 8. The lowest BCUT2D eigenvalue weighted by molar-refractivity contribution is 0.224. The van der Waals surface area contributed by atoms with Crippen LogP contribution in [0.3, 0.4) is 0 Å². The van der Waals surface area contributed by atoms with Gasteiger partial charge in [-0.05, 0) is 292 Å². The Morgan fingerprint density at radius 3 is 0.621 bits per heavy atom. The molecule has 145 heavy (non-hydrogen) atoms. The molecule has 10 aromatic rings. The highest BCUT2D eigenvalue weighted by molar-refractivity contribution is 6.08. The maximum absolute atomic E-state index is 12.9. The van der Waals surface area contributed by atoms with Crippen LogP contribution < -0.4 is 47.7 Å². The first-order valence-electron chi connectivity index (χ1n) is 56.7. The molecule has 14 nitrogen and oxygen atoms in total. The Hall–Kier alpha value is -11.1. The Morgan fingerprint density at radius 2 is 0.434 bits per heavy atom. The van der Waals surface area contributed by atoms with Gasteiger partial charge < -0.3 is 68.1 Å². The number of aliphatic hydroxyl groups excluding tert-OH is 2. The summed E-state index contributed by atoms with van der Waals surface area (Å²) in [5.74, 6) is 8.55. The number of hydrogen-bond acceptors (Lipinski definition) is 14. The van der Waals surface area contributed by atoms with Gasteiger partial charge in [-0.2, -0.15) is 0 Å². The molecule has 1 aliphatic rings. The van der Waals surface area contributed by atoms with E-state index >= 15 is 0 Å². The van der Waals surface area contributed by atoms with E-state index in [9.17, 15) is 20.4 Å². The first-order chi connectivity index (χ1) is 70.5. The number of phenolic OH excluding ortho intramolecular Hbond substituents is 2. The number of phenols is 2. The van der Waals surface area contributed by atoms with E-state index in [1.165, 1.54) is 0 Å². The molecule has 0 saturated heterocycles. The van der Waals surface area contributed by atoms with E-state index in [0.717, 1.165) is 335 Å². The van der Waals surface area contributed by atoms with Crippen LogP contribution >= 0.6 is 0 Å². The molecule has 0 amide bonds. The van der Waals surface area contributed by atoms with Gasteiger partial charge in [0.2, 0.25) is 0 Å². The van der Waals surface area contributed by atoms with Crippen LogP contribution in [0.2, 0.25) is 0 Å². The van der Waals surface area contributed by atoms with Crippen molar-refractivity contribution in [3.05, 3.63) is 227 Å². The first-order valence-corrected chi connectivity index (χ1v) is 56.7. The number of rotatable bonds is 67. The Morgan fingerprint density at radius 1 is 0.234 bits per heavy atom. The lowest BCUT2D eigenvalue weighted by atomic mass is 9.83. The van der Waals surface area contributed by atoms with Gasteiger partial charge in [0.1, 0.15) is 69.0 Å². The molecule has 11 rings (SSSR count). The zero-order valence-corrected chi connectivity index (χ0v) is 92.5. The summed E-state index contributed by atoms with van der Waals surface area (Å²) in [6.07, 6.45) is 34.1. The highest BCUT2D eigenvalue weighted by atomic mass is 16.5. The zero-order chi connectivity index (χ0) is 104. The predicted octanol–water partition coefficient (Wildman–Crippen LogP) is 38.6. The molecule has 10 aromatic carbocycles. The van der Waals surface area contributed by atoms with E-state index < -0.39 is 0 Å². The molecular weight excluding hydrogens is 1790 g/mol. The van der Waals surface area contributed by atoms with Crippen LogP contribution in [0.1, 0.15) is 343 Å². The van der Waals surface area contributed by atoms with Crippen molar-refractivity contribution in [3.63, 3.8) is 0 Å². The molecule has 0 aliphatic heterocycles. The minimum atomic E-state index is -0.276. The topological polar surface area (TPSA) is 161 Å². The van der Waals surface area contributed by atoms with Crippen LogP contribution in [0.5, 0.6) is 57.5 Å². The lowest BCUT2D eigenvalue weighted by Gasteiger charge is -2.31. The van der Waals surface area contributed by atoms with Gasteiger partial charge in [0.05, 0.1) is 86.3 Å². The maximum atomic E-state index is 12.9. The number of aryl methyl sites for hydroxylation is 4. The molecule has 0 fully saturated rings. The van der Waals surface area contributed by atoms with E-state index in [4.69, 9.17) is 37.9 Å². The molecule has 0 radical (unpaired) electrons. The van der Waals surface area contributed by atoms with E-state index in [-0.39, 0.29) is 45.3 Å². The second kappa shape index (κ2) is 59.0. The second-order valence-electron chi connectivity index (χ2n) is 41.7. The van der Waals surface area contributed by atoms with Crippen molar-refractivity contribution in [1.82, 2.24) is 0 Å². The van der Waals surface area contributed by atoms with Crippen molar-refractivity contribution in [1.29, 1.82) is 0 Å². The van der Waals surface area contributed by atoms with Crippen LogP contribution in [0.15, 0.2) is 194 Å². The number of aliphatic hydroxyl groups is 2. The first kappa shape index (κ1) is 114. The molecule has 8 unspecified atom stereocenters. The van der Waals surface area contributed by atoms with E-state index in [1.807, 2.05) is 12.1 Å². The third-order valence-electron chi connectivity index (χ3n) is 30.5. The number of aromatic hydroxyl groups is 2. The summed E-state index contributed by atoms with van der Waals surface area (Å²) in [7, 11) is 0. The van der Waals surface area contributed by atoms with Gasteiger partial charge in [-0.15, -0.1) is 0 Å². The molecule has 14 heteroatoms. The van der Waals surface area contributed by atoms with Crippen molar-refractivity contribution >= 4 is 45.3 Å². The molecule has 1 aliphatic carbocycles. The lowest BCUT2D eigenvalue weighted by Crippen LogP contribution is -2.15. The predicted molar refractivity (Wildman–Crippen MR) is 611 cm³/mol. The van der Waals surface area contributed by atoms with E-state index in [0.29, 0.717) is 112 Å². The van der Waals surface area contributed by atoms with Crippen LogP contribution in [0.25, 0.3) is 55.7 Å². The molecule has 8 atom stereocenters. The average Bonchev–Trinajstić information content (AvgIpc) is 0.729. The summed E-state index contributed by atoms with van der Waals surface area (Å²) in [6.45, 7) is 49.4. The van der Waals surface area contributed by atoms with Crippen molar-refractivity contribution in [2.24, 2.45) is 47.3 Å². The fourth-order valence-electron chi connectivity index (χ4n) is 20.5. The third-order valence-corrected chi connectivity index (χ3v) is 30.5. The summed E-state index contributed by atoms with van der Waals surface area (Å²) >= 11 is 0. The Bertz CT molecular complexity index is 5440. The summed E-state index contributed by atoms with van der Waals surface area (Å²) in [4.78, 5) is 4.38. The number of benzene rings is 10. The van der Waals surface area contributed by atoms with Crippen LogP contribution in [-0.4, -0.2) is 73.3 Å². The molecule has 0 heterocycles. The average molecular weight is 1970 g/mol. The van der Waals surface area contributed by atoms with Gasteiger partial charge in [-0.1, -0.05) is 307 Å². The van der Waals surface area contributed by atoms with Crippen molar-refractivity contribution in [2.75, 3.05) is 62.7 Å². The third kappa shape index (κ3) is 30.6. The van der Waals surface area contributed by atoms with Crippen molar-refractivity contribution < 1.29 is 58.3 Å². The van der Waals surface area contributed by atoms with Gasteiger partial charge in [-0.25, -0.2) is 0 Å². The largest absolute Gasteiger partial charge is 0.507 e. The fraction of sp³-hybridized carbons (Fsp3) is 0.511. The number of unbranched alkanes of at least 4 members (excludes halogenated alkanes) is 8. The summed E-state index contributed by atoms with van der Waals surface area (Å²) in [5, 5.41) is 51.3. The van der Waals surface area contributed by atoms with Gasteiger partial charge in [0.15, 0.2) is 0 Å². The summed E-state index contributed by atoms with van der Waals surface area (Å²) < 4.78 is 55.7. The SMILES string of the molecule is CCCCC(C)COc1cccc(OCC(CC)CCCC)c1-c1ccc(N(c2ccc(C3=C(O)C(c4ccc(N(c5ccc(-c6c(OCC(CC)CCCC)cccc6OCC(CC)CCCC)cc5C)c5ccc(-c6c(OCC(CC)CCCC)cccc6OCC(CC)CCCC)cc5C)cc4O)=C3O)c(O)c2)c2ccc(-c3c(OCC(CC)CCCC)cccc3OCC(CC)CCCC)cc2C)c(C)c1. The molecule has 0 spiro atoms. The summed E-state index contributed by atoms with van der Waals surface area (Å²) in [5.41, 5.74) is 16.5. The van der Waals surface area contributed by atoms with Gasteiger partial charge in [-0.3, -0.25) is 0 Å². The minimum absolute atomic E-state index is 0.0513. The maximum Gasteiger partial charge on any atom is 0.139 e. The number of allylic oxidation sites excluding steroid dienone is 2. The number of nitrogens with zero attached hydrogens (tertiary/aromatic N) is 2. The highest BCUT2D eigenvalue weighted by Gasteiger charge is 2.37. The zero-order valence-electron chi connectivity index (χ0n) is 92.5. The number of anilines is 6. The summed E-state index contributed by atoms with van der Waals surface area (Å²) in [6, 6.07) is 62.0. The Balaban J connectivity index is 1.03. The van der Waals surface area contributed by atoms with Crippen molar-refractivity contribution in [3.8, 4) is 102 Å². The molecule has 0 saturated carbocycles. The molecule has 786 valence electrons. The minimum Gasteiger partial charge on any atom is -0.507 e. The number of hydrogen-bond donors (Lipinski definition) is 4. The van der Waals surface area contributed by atoms with Crippen LogP contribution in [-0.2, 0) is 0 Å². The quantitative estimate of drug-likeness (QED) is 0.0285. The van der Waals surface area contributed by atoms with E-state index in [1.54, 1.807) is 24.3 Å². The monoisotopic (exact) mass is 1970 g/mol. The van der Waals surface area contributed by atoms with Gasteiger partial charge >= 0.3 is 0 Å². The molecular formula is C131H180N2O12. The fourth-order valence-corrected chi connectivity index (χ4v) is 20.5. The smallest absolute Gasteiger partial charge is 0.139 e. The Labute approximate surface area is 874 Å². The highest BCUT2D eigenvalue weighted by Crippen LogP contribution is 2.55. The van der Waals surface area contributed by atoms with Gasteiger partial charge in [0, 0.05) is 57.4 Å². The molecule has 4 N–H and O–H groups in total. The van der Waals surface area contributed by atoms with Crippen LogP contribution in [0.4, 0.5) is 34.1 Å². The normalized spacial score (nSPS) is 13.7. The Kier molecular flexibility index (Phi) is 46.5. The van der Waals surface area contributed by atoms with Crippen molar-refractivity contribution in [2.45, 2.75) is 338 Å². The van der Waals surface area contributed by atoms with Gasteiger partial charge in [0.25, 0.3) is 0 Å². The second-order valence-corrected chi connectivity index (χ2v) is 41.7. The van der Waals surface area contributed by atoms with E-state index in [2.05, 4.69) is 294 Å². The standard InChI is InChI=1S/C131H180N2O12/c1-21-36-48-90(16)82-138-116-56-44-57-117(139-83-95(29-9)49-37-22-2)124(116)102-64-72-110(91(17)76-102)132(111-73-65-103(77-92(111)18)125-118(140-84-96(30-10)50-38-23-3)58-45-59-119(125)141-85-97(31-11)51-39-24-4)106-68-70-108(114(134)80-106)128-130(136)129(131(128)137)109-71-69-107(81-115(109)135)133(112-74-66-104(78-93(112)19)126-120(142-86-98(32-12)52-40-25-5)60-46-61-121(126)143-87-99(33-13)53-41-26-6)113-75-67-105(79-94(113)20)127-122(144-88-100(34-14)54-42-27-7)62-47-63-123(127)145-89-101(35-15)55-43-28-8/h44-47,56-81,90,95-101,134-137H,21-43,48-55,82-89H2,1-20H3.